The van der Waals surface area contributed by atoms with E-state index < -0.39 is 0 Å². The Bertz CT molecular complexity index is 695. The van der Waals surface area contributed by atoms with E-state index in [1.807, 2.05) is 36.4 Å². The van der Waals surface area contributed by atoms with Gasteiger partial charge in [-0.2, -0.15) is 0 Å². The van der Waals surface area contributed by atoms with Crippen LogP contribution in [0.25, 0.3) is 0 Å². The fraction of sp³-hybridized carbons (Fsp3) is 0.278. The smallest absolute Gasteiger partial charge is 0.342 e. The van der Waals surface area contributed by atoms with Gasteiger partial charge in [0.05, 0.1) is 7.11 Å². The van der Waals surface area contributed by atoms with E-state index in [1.54, 1.807) is 7.11 Å². The zero-order valence-electron chi connectivity index (χ0n) is 12.4. The highest BCUT2D eigenvalue weighted by molar-refractivity contribution is 9.10. The normalized spacial score (nSPS) is 12.8. The van der Waals surface area contributed by atoms with Crippen LogP contribution in [0.1, 0.15) is 33.5 Å². The molecule has 1 aliphatic carbocycles. The number of ether oxygens (including phenoxy) is 2. The first-order valence-corrected chi connectivity index (χ1v) is 8.09. The van der Waals surface area contributed by atoms with Crippen LogP contribution < -0.4 is 4.74 Å². The molecule has 2 aromatic carbocycles. The monoisotopic (exact) mass is 360 g/mol. The molecule has 3 rings (SSSR count). The second kappa shape index (κ2) is 6.53. The van der Waals surface area contributed by atoms with Crippen molar-refractivity contribution in [3.63, 3.8) is 0 Å². The molecular weight excluding hydrogens is 344 g/mol. The summed E-state index contributed by atoms with van der Waals surface area (Å²) in [4.78, 5) is 12.4. The Morgan fingerprint density at radius 1 is 1.18 bits per heavy atom. The highest BCUT2D eigenvalue weighted by atomic mass is 79.9. The van der Waals surface area contributed by atoms with Crippen LogP contribution in [-0.4, -0.2) is 13.1 Å². The third-order valence-corrected chi connectivity index (χ3v) is 4.64. The number of rotatable bonds is 4. The lowest BCUT2D eigenvalue weighted by Gasteiger charge is -2.14. The fourth-order valence-corrected chi connectivity index (χ4v) is 3.55. The minimum Gasteiger partial charge on any atom is -0.496 e. The van der Waals surface area contributed by atoms with Crippen molar-refractivity contribution >= 4 is 21.9 Å². The molecule has 0 aliphatic heterocycles. The molecule has 4 heteroatoms. The second-order valence-electron chi connectivity index (χ2n) is 5.31. The molecule has 3 nitrogen and oxygen atoms in total. The number of hydrogen-bond donors (Lipinski definition) is 0. The van der Waals surface area contributed by atoms with Gasteiger partial charge in [-0.25, -0.2) is 4.79 Å². The molecule has 0 radical (unpaired) electrons. The van der Waals surface area contributed by atoms with Crippen molar-refractivity contribution in [2.24, 2.45) is 0 Å². The standard InChI is InChI=1S/C18H17BrO3/c1-21-17-14-9-5-8-13(14)16(19)10-15(17)18(20)22-11-12-6-3-2-4-7-12/h2-4,6-7,10H,5,8-9,11H2,1H3. The first-order chi connectivity index (χ1) is 10.7. The molecule has 22 heavy (non-hydrogen) atoms. The summed E-state index contributed by atoms with van der Waals surface area (Å²) in [6.45, 7) is 0.261. The van der Waals surface area contributed by atoms with E-state index in [0.29, 0.717) is 11.3 Å². The van der Waals surface area contributed by atoms with Gasteiger partial charge < -0.3 is 9.47 Å². The largest absolute Gasteiger partial charge is 0.496 e. The second-order valence-corrected chi connectivity index (χ2v) is 6.17. The van der Waals surface area contributed by atoms with E-state index in [2.05, 4.69) is 15.9 Å². The average molecular weight is 361 g/mol. The van der Waals surface area contributed by atoms with Crippen molar-refractivity contribution in [1.29, 1.82) is 0 Å². The van der Waals surface area contributed by atoms with E-state index in [9.17, 15) is 4.79 Å². The number of methoxy groups -OCH3 is 1. The fourth-order valence-electron chi connectivity index (χ4n) is 2.89. The zero-order chi connectivity index (χ0) is 15.5. The van der Waals surface area contributed by atoms with E-state index in [1.165, 1.54) is 5.56 Å². The van der Waals surface area contributed by atoms with Gasteiger partial charge in [-0.05, 0) is 42.0 Å². The van der Waals surface area contributed by atoms with Crippen LogP contribution in [0.2, 0.25) is 0 Å². The van der Waals surface area contributed by atoms with Crippen molar-refractivity contribution in [1.82, 2.24) is 0 Å². The van der Waals surface area contributed by atoms with Crippen LogP contribution in [0.3, 0.4) is 0 Å². The Balaban J connectivity index is 1.85. The summed E-state index contributed by atoms with van der Waals surface area (Å²) in [7, 11) is 1.61. The maximum atomic E-state index is 12.4. The third kappa shape index (κ3) is 2.88. The average Bonchev–Trinajstić information content (AvgIpc) is 3.03. The quantitative estimate of drug-likeness (QED) is 0.762. The summed E-state index contributed by atoms with van der Waals surface area (Å²) in [6.07, 6.45) is 3.05. The van der Waals surface area contributed by atoms with Crippen molar-refractivity contribution in [3.05, 3.63) is 63.1 Å². The molecule has 0 saturated heterocycles. The number of carbonyl (C=O) groups excluding carboxylic acids is 1. The lowest BCUT2D eigenvalue weighted by atomic mass is 10.0. The van der Waals surface area contributed by atoms with Gasteiger partial charge in [-0.3, -0.25) is 0 Å². The number of benzene rings is 2. The zero-order valence-corrected chi connectivity index (χ0v) is 14.0. The molecule has 114 valence electrons. The first kappa shape index (κ1) is 15.1. The van der Waals surface area contributed by atoms with Crippen molar-refractivity contribution in [2.45, 2.75) is 25.9 Å². The molecular formula is C18H17BrO3. The topological polar surface area (TPSA) is 35.5 Å². The van der Waals surface area contributed by atoms with Gasteiger partial charge in [0.1, 0.15) is 17.9 Å². The van der Waals surface area contributed by atoms with E-state index >= 15 is 0 Å². The molecule has 0 saturated carbocycles. The highest BCUT2D eigenvalue weighted by Crippen LogP contribution is 2.39. The molecule has 0 aromatic heterocycles. The minimum atomic E-state index is -0.351. The summed E-state index contributed by atoms with van der Waals surface area (Å²) in [6, 6.07) is 11.5. The predicted molar refractivity (Wildman–Crippen MR) is 88.3 cm³/mol. The van der Waals surface area contributed by atoms with Crippen LogP contribution in [0.15, 0.2) is 40.9 Å². The molecule has 0 atom stereocenters. The minimum absolute atomic E-state index is 0.261. The Morgan fingerprint density at radius 2 is 1.91 bits per heavy atom. The molecule has 0 N–H and O–H groups in total. The lowest BCUT2D eigenvalue weighted by Crippen LogP contribution is -2.09. The van der Waals surface area contributed by atoms with Crippen molar-refractivity contribution in [3.8, 4) is 5.75 Å². The van der Waals surface area contributed by atoms with Crippen LogP contribution in [0.5, 0.6) is 5.75 Å². The molecule has 0 bridgehead atoms. The van der Waals surface area contributed by atoms with E-state index in [-0.39, 0.29) is 12.6 Å². The van der Waals surface area contributed by atoms with Crippen molar-refractivity contribution in [2.75, 3.05) is 7.11 Å². The van der Waals surface area contributed by atoms with E-state index in [0.717, 1.165) is 34.9 Å². The Morgan fingerprint density at radius 3 is 2.64 bits per heavy atom. The molecule has 0 unspecified atom stereocenters. The highest BCUT2D eigenvalue weighted by Gasteiger charge is 2.25. The molecule has 1 aliphatic rings. The number of fused-ring (bicyclic) bond motifs is 1. The van der Waals surface area contributed by atoms with Crippen molar-refractivity contribution < 1.29 is 14.3 Å². The van der Waals surface area contributed by atoms with Gasteiger partial charge >= 0.3 is 5.97 Å². The van der Waals surface area contributed by atoms with Crippen LogP contribution in [0, 0.1) is 0 Å². The van der Waals surface area contributed by atoms with Gasteiger partial charge in [0, 0.05) is 4.47 Å². The number of halogens is 1. The number of esters is 1. The summed E-state index contributed by atoms with van der Waals surface area (Å²) < 4.78 is 11.9. The maximum Gasteiger partial charge on any atom is 0.342 e. The molecule has 2 aromatic rings. The van der Waals surface area contributed by atoms with Crippen LogP contribution >= 0.6 is 15.9 Å². The summed E-state index contributed by atoms with van der Waals surface area (Å²) in [5.41, 5.74) is 3.83. The summed E-state index contributed by atoms with van der Waals surface area (Å²) in [5, 5.41) is 0. The number of carbonyl (C=O) groups is 1. The van der Waals surface area contributed by atoms with Crippen LogP contribution in [0.4, 0.5) is 0 Å². The molecule has 0 fully saturated rings. The lowest BCUT2D eigenvalue weighted by molar-refractivity contribution is 0.0469. The molecule has 0 amide bonds. The predicted octanol–water partition coefficient (Wildman–Crippen LogP) is 4.30. The van der Waals surface area contributed by atoms with Gasteiger partial charge in [-0.1, -0.05) is 46.3 Å². The molecule has 0 spiro atoms. The Labute approximate surface area is 138 Å². The SMILES string of the molecule is COc1c(C(=O)OCc2ccccc2)cc(Br)c2c1CCC2. The van der Waals surface area contributed by atoms with Gasteiger partial charge in [-0.15, -0.1) is 0 Å². The van der Waals surface area contributed by atoms with E-state index in [4.69, 9.17) is 9.47 Å². The Kier molecular flexibility index (Phi) is 4.48. The summed E-state index contributed by atoms with van der Waals surface area (Å²) in [5.74, 6) is 0.310. The summed E-state index contributed by atoms with van der Waals surface area (Å²) >= 11 is 3.56. The van der Waals surface area contributed by atoms with Gasteiger partial charge in [0.15, 0.2) is 0 Å². The molecule has 0 heterocycles. The van der Waals surface area contributed by atoms with Gasteiger partial charge in [0.25, 0.3) is 0 Å². The third-order valence-electron chi connectivity index (χ3n) is 3.93. The number of hydrogen-bond acceptors (Lipinski definition) is 3. The Hall–Kier alpha value is -1.81. The van der Waals surface area contributed by atoms with Crippen LogP contribution in [-0.2, 0) is 24.2 Å². The van der Waals surface area contributed by atoms with Gasteiger partial charge in [0.2, 0.25) is 0 Å². The first-order valence-electron chi connectivity index (χ1n) is 7.30. The maximum absolute atomic E-state index is 12.4.